The highest BCUT2D eigenvalue weighted by Crippen LogP contribution is 2.23. The van der Waals surface area contributed by atoms with Crippen LogP contribution < -0.4 is 5.32 Å². The van der Waals surface area contributed by atoms with Crippen LogP contribution in [0.2, 0.25) is 0 Å². The first-order valence-corrected chi connectivity index (χ1v) is 6.67. The van der Waals surface area contributed by atoms with Crippen LogP contribution in [0.25, 0.3) is 11.1 Å². The second kappa shape index (κ2) is 5.01. The van der Waals surface area contributed by atoms with Gasteiger partial charge in [0, 0.05) is 11.3 Å². The van der Waals surface area contributed by atoms with Crippen molar-refractivity contribution in [2.75, 3.05) is 5.32 Å². The average Bonchev–Trinajstić information content (AvgIpc) is 3.05. The molecule has 0 saturated heterocycles. The predicted molar refractivity (Wildman–Crippen MR) is 77.2 cm³/mol. The SMILES string of the molecule is CCc1cn[nH]c1NC(=O)c1cc(C)nc2onc(C)c12. The van der Waals surface area contributed by atoms with E-state index >= 15 is 0 Å². The van der Waals surface area contributed by atoms with Crippen molar-refractivity contribution < 1.29 is 9.32 Å². The van der Waals surface area contributed by atoms with Gasteiger partial charge in [0.15, 0.2) is 0 Å². The van der Waals surface area contributed by atoms with Crippen molar-refractivity contribution >= 4 is 22.8 Å². The number of amides is 1. The fourth-order valence-electron chi connectivity index (χ4n) is 2.26. The number of aryl methyl sites for hydroxylation is 3. The molecule has 0 atom stereocenters. The highest BCUT2D eigenvalue weighted by molar-refractivity contribution is 6.12. The minimum atomic E-state index is -0.240. The lowest BCUT2D eigenvalue weighted by Crippen LogP contribution is -2.14. The van der Waals surface area contributed by atoms with Gasteiger partial charge in [-0.3, -0.25) is 9.89 Å². The van der Waals surface area contributed by atoms with Crippen molar-refractivity contribution in [1.29, 1.82) is 0 Å². The molecular formula is C14H15N5O2. The van der Waals surface area contributed by atoms with Crippen molar-refractivity contribution in [3.63, 3.8) is 0 Å². The van der Waals surface area contributed by atoms with E-state index in [4.69, 9.17) is 4.52 Å². The van der Waals surface area contributed by atoms with Crippen molar-refractivity contribution in [3.05, 3.63) is 34.8 Å². The summed E-state index contributed by atoms with van der Waals surface area (Å²) in [7, 11) is 0. The molecule has 7 nitrogen and oxygen atoms in total. The standard InChI is InChI=1S/C14H15N5O2/c1-4-9-6-15-18-12(9)17-13(20)10-5-7(2)16-14-11(10)8(3)19-21-14/h5-6H,4H2,1-3H3,(H2,15,17,18,20). The van der Waals surface area contributed by atoms with E-state index in [1.807, 2.05) is 13.8 Å². The van der Waals surface area contributed by atoms with E-state index in [-0.39, 0.29) is 5.91 Å². The number of rotatable bonds is 3. The van der Waals surface area contributed by atoms with Crippen LogP contribution >= 0.6 is 0 Å². The molecule has 0 fully saturated rings. The summed E-state index contributed by atoms with van der Waals surface area (Å²) in [6.45, 7) is 5.59. The maximum atomic E-state index is 12.5. The third-order valence-electron chi connectivity index (χ3n) is 3.33. The molecule has 0 aromatic carbocycles. The van der Waals surface area contributed by atoms with Crippen LogP contribution in [0, 0.1) is 13.8 Å². The van der Waals surface area contributed by atoms with Gasteiger partial charge in [-0.25, -0.2) is 4.98 Å². The molecule has 0 saturated carbocycles. The van der Waals surface area contributed by atoms with E-state index in [2.05, 4.69) is 25.7 Å². The number of carbonyl (C=O) groups is 1. The number of hydrogen-bond donors (Lipinski definition) is 2. The highest BCUT2D eigenvalue weighted by atomic mass is 16.5. The van der Waals surface area contributed by atoms with Crippen LogP contribution in [-0.2, 0) is 6.42 Å². The summed E-state index contributed by atoms with van der Waals surface area (Å²) in [5.41, 5.74) is 3.16. The van der Waals surface area contributed by atoms with Gasteiger partial charge in [-0.2, -0.15) is 5.10 Å². The molecule has 0 aliphatic heterocycles. The van der Waals surface area contributed by atoms with Crippen LogP contribution in [0.4, 0.5) is 5.82 Å². The Labute approximate surface area is 120 Å². The zero-order valence-corrected chi connectivity index (χ0v) is 12.0. The average molecular weight is 285 g/mol. The number of anilines is 1. The van der Waals surface area contributed by atoms with E-state index in [1.54, 1.807) is 19.2 Å². The van der Waals surface area contributed by atoms with Gasteiger partial charge in [0.1, 0.15) is 5.82 Å². The van der Waals surface area contributed by atoms with E-state index in [0.717, 1.165) is 12.0 Å². The highest BCUT2D eigenvalue weighted by Gasteiger charge is 2.19. The number of nitrogens with one attached hydrogen (secondary N) is 2. The molecule has 0 aliphatic carbocycles. The lowest BCUT2D eigenvalue weighted by Gasteiger charge is -2.06. The Morgan fingerprint density at radius 2 is 2.24 bits per heavy atom. The molecule has 0 unspecified atom stereocenters. The number of aromatic amines is 1. The third-order valence-corrected chi connectivity index (χ3v) is 3.33. The van der Waals surface area contributed by atoms with Crippen LogP contribution in [0.1, 0.15) is 34.2 Å². The largest absolute Gasteiger partial charge is 0.336 e. The van der Waals surface area contributed by atoms with Gasteiger partial charge in [0.2, 0.25) is 0 Å². The molecule has 2 N–H and O–H groups in total. The summed E-state index contributed by atoms with van der Waals surface area (Å²) in [4.78, 5) is 16.8. The molecule has 7 heteroatoms. The monoisotopic (exact) mass is 285 g/mol. The molecule has 0 radical (unpaired) electrons. The van der Waals surface area contributed by atoms with E-state index in [9.17, 15) is 4.79 Å². The number of fused-ring (bicyclic) bond motifs is 1. The quantitative estimate of drug-likeness (QED) is 0.770. The normalized spacial score (nSPS) is 11.0. The molecule has 108 valence electrons. The lowest BCUT2D eigenvalue weighted by molar-refractivity contribution is 0.102. The number of hydrogen-bond acceptors (Lipinski definition) is 5. The Bertz CT molecular complexity index is 818. The number of pyridine rings is 1. The molecule has 0 bridgehead atoms. The Morgan fingerprint density at radius 1 is 1.43 bits per heavy atom. The first-order valence-electron chi connectivity index (χ1n) is 6.67. The van der Waals surface area contributed by atoms with Gasteiger partial charge in [-0.1, -0.05) is 12.1 Å². The van der Waals surface area contributed by atoms with Crippen LogP contribution in [-0.4, -0.2) is 26.2 Å². The van der Waals surface area contributed by atoms with E-state index in [0.29, 0.717) is 33.9 Å². The van der Waals surface area contributed by atoms with Crippen LogP contribution in [0.15, 0.2) is 16.8 Å². The molecule has 3 rings (SSSR count). The Hall–Kier alpha value is -2.70. The number of H-pyrrole nitrogens is 1. The van der Waals surface area contributed by atoms with Gasteiger partial charge in [0.25, 0.3) is 11.6 Å². The van der Waals surface area contributed by atoms with E-state index < -0.39 is 0 Å². The van der Waals surface area contributed by atoms with Crippen molar-refractivity contribution in [3.8, 4) is 0 Å². The molecule has 3 aromatic rings. The smallest absolute Gasteiger partial charge is 0.258 e. The Balaban J connectivity index is 2.03. The number of nitrogens with zero attached hydrogens (tertiary/aromatic N) is 3. The minimum Gasteiger partial charge on any atom is -0.336 e. The maximum absolute atomic E-state index is 12.5. The summed E-state index contributed by atoms with van der Waals surface area (Å²) < 4.78 is 5.14. The molecule has 0 spiro atoms. The summed E-state index contributed by atoms with van der Waals surface area (Å²) in [6.07, 6.45) is 2.48. The summed E-state index contributed by atoms with van der Waals surface area (Å²) >= 11 is 0. The van der Waals surface area contributed by atoms with Gasteiger partial charge < -0.3 is 9.84 Å². The molecule has 3 heterocycles. The molecule has 0 aliphatic rings. The fraction of sp³-hybridized carbons (Fsp3) is 0.286. The molecule has 1 amide bonds. The third kappa shape index (κ3) is 2.26. The summed E-state index contributed by atoms with van der Waals surface area (Å²) in [5.74, 6) is 0.370. The Morgan fingerprint density at radius 3 is 3.00 bits per heavy atom. The topological polar surface area (TPSA) is 96.7 Å². The second-order valence-corrected chi connectivity index (χ2v) is 4.84. The zero-order chi connectivity index (χ0) is 15.0. The summed E-state index contributed by atoms with van der Waals surface area (Å²) in [6, 6.07) is 1.73. The first-order chi connectivity index (χ1) is 10.1. The van der Waals surface area contributed by atoms with Gasteiger partial charge in [-0.05, 0) is 26.3 Å². The molecular weight excluding hydrogens is 270 g/mol. The number of aromatic nitrogens is 4. The molecule has 21 heavy (non-hydrogen) atoms. The number of carbonyl (C=O) groups excluding carboxylic acids is 1. The van der Waals surface area contributed by atoms with E-state index in [1.165, 1.54) is 0 Å². The van der Waals surface area contributed by atoms with Crippen molar-refractivity contribution in [1.82, 2.24) is 20.3 Å². The maximum Gasteiger partial charge on any atom is 0.258 e. The lowest BCUT2D eigenvalue weighted by atomic mass is 10.1. The minimum absolute atomic E-state index is 0.240. The zero-order valence-electron chi connectivity index (χ0n) is 12.0. The van der Waals surface area contributed by atoms with Gasteiger partial charge in [-0.15, -0.1) is 0 Å². The first kappa shape index (κ1) is 13.3. The van der Waals surface area contributed by atoms with Crippen LogP contribution in [0.3, 0.4) is 0 Å². The predicted octanol–water partition coefficient (Wildman–Crippen LogP) is 2.38. The Kier molecular flexibility index (Phi) is 3.17. The fourth-order valence-corrected chi connectivity index (χ4v) is 2.26. The van der Waals surface area contributed by atoms with Crippen LogP contribution in [0.5, 0.6) is 0 Å². The second-order valence-electron chi connectivity index (χ2n) is 4.84. The van der Waals surface area contributed by atoms with Gasteiger partial charge >= 0.3 is 0 Å². The molecule has 3 aromatic heterocycles. The van der Waals surface area contributed by atoms with Crippen molar-refractivity contribution in [2.45, 2.75) is 27.2 Å². The van der Waals surface area contributed by atoms with Crippen molar-refractivity contribution in [2.24, 2.45) is 0 Å². The van der Waals surface area contributed by atoms with Gasteiger partial charge in [0.05, 0.1) is 22.8 Å². The summed E-state index contributed by atoms with van der Waals surface area (Å²) in [5, 5.41) is 14.1.